The van der Waals surface area contributed by atoms with Crippen LogP contribution < -0.4 is 5.32 Å². The SMILES string of the molecule is Cc1cccc(NC(=O)c2cc(C3CC3)nc3ccccc23)c1. The van der Waals surface area contributed by atoms with Gasteiger partial charge >= 0.3 is 0 Å². The van der Waals surface area contributed by atoms with Crippen LogP contribution in [0.15, 0.2) is 54.6 Å². The van der Waals surface area contributed by atoms with Gasteiger partial charge in [0.2, 0.25) is 0 Å². The lowest BCUT2D eigenvalue weighted by Gasteiger charge is -2.10. The number of carbonyl (C=O) groups excluding carboxylic acids is 1. The molecule has 3 heteroatoms. The zero-order valence-electron chi connectivity index (χ0n) is 13.0. The van der Waals surface area contributed by atoms with Crippen LogP contribution >= 0.6 is 0 Å². The number of hydrogen-bond acceptors (Lipinski definition) is 2. The quantitative estimate of drug-likeness (QED) is 0.763. The highest BCUT2D eigenvalue weighted by Crippen LogP contribution is 2.40. The van der Waals surface area contributed by atoms with Gasteiger partial charge in [0, 0.05) is 22.7 Å². The van der Waals surface area contributed by atoms with Gasteiger partial charge in [0.1, 0.15) is 0 Å². The van der Waals surface area contributed by atoms with Gasteiger partial charge in [-0.3, -0.25) is 9.78 Å². The van der Waals surface area contributed by atoms with Gasteiger partial charge in [0.05, 0.1) is 11.1 Å². The van der Waals surface area contributed by atoms with Crippen molar-refractivity contribution in [3.63, 3.8) is 0 Å². The molecule has 1 N–H and O–H groups in total. The maximum absolute atomic E-state index is 12.8. The Morgan fingerprint density at radius 1 is 1.09 bits per heavy atom. The number of rotatable bonds is 3. The molecule has 1 aromatic heterocycles. The Hall–Kier alpha value is -2.68. The van der Waals surface area contributed by atoms with Crippen molar-refractivity contribution in [2.24, 2.45) is 0 Å². The number of nitrogens with zero attached hydrogens (tertiary/aromatic N) is 1. The number of carbonyl (C=O) groups is 1. The fourth-order valence-electron chi connectivity index (χ4n) is 2.89. The second-order valence-electron chi connectivity index (χ2n) is 6.21. The second-order valence-corrected chi connectivity index (χ2v) is 6.21. The van der Waals surface area contributed by atoms with E-state index in [4.69, 9.17) is 4.98 Å². The van der Waals surface area contributed by atoms with Gasteiger partial charge in [0.25, 0.3) is 5.91 Å². The molecule has 0 saturated heterocycles. The summed E-state index contributed by atoms with van der Waals surface area (Å²) in [7, 11) is 0. The number of benzene rings is 2. The van der Waals surface area contributed by atoms with Gasteiger partial charge in [-0.25, -0.2) is 0 Å². The van der Waals surface area contributed by atoms with Crippen molar-refractivity contribution >= 4 is 22.5 Å². The molecule has 0 bridgehead atoms. The average molecular weight is 302 g/mol. The normalized spacial score (nSPS) is 14.0. The van der Waals surface area contributed by atoms with E-state index in [0.29, 0.717) is 11.5 Å². The molecule has 4 rings (SSSR count). The van der Waals surface area contributed by atoms with Crippen LogP contribution in [0.1, 0.15) is 40.4 Å². The smallest absolute Gasteiger partial charge is 0.256 e. The number of anilines is 1. The van der Waals surface area contributed by atoms with Gasteiger partial charge < -0.3 is 5.32 Å². The van der Waals surface area contributed by atoms with E-state index in [-0.39, 0.29) is 5.91 Å². The molecule has 0 aliphatic heterocycles. The van der Waals surface area contributed by atoms with Gasteiger partial charge in [0.15, 0.2) is 0 Å². The molecule has 1 saturated carbocycles. The molecule has 1 aliphatic carbocycles. The molecular weight excluding hydrogens is 284 g/mol. The Morgan fingerprint density at radius 3 is 2.70 bits per heavy atom. The predicted octanol–water partition coefficient (Wildman–Crippen LogP) is 4.67. The first-order chi connectivity index (χ1) is 11.2. The Kier molecular flexibility index (Phi) is 3.34. The fraction of sp³-hybridized carbons (Fsp3) is 0.200. The average Bonchev–Trinajstić information content (AvgIpc) is 3.38. The topological polar surface area (TPSA) is 42.0 Å². The molecule has 0 atom stereocenters. The van der Waals surface area contributed by atoms with E-state index in [1.165, 1.54) is 12.8 Å². The monoisotopic (exact) mass is 302 g/mol. The van der Waals surface area contributed by atoms with Crippen molar-refractivity contribution in [2.75, 3.05) is 5.32 Å². The zero-order valence-corrected chi connectivity index (χ0v) is 13.0. The van der Waals surface area contributed by atoms with E-state index < -0.39 is 0 Å². The molecular formula is C20H18N2O. The third-order valence-electron chi connectivity index (χ3n) is 4.25. The molecule has 1 aliphatic rings. The summed E-state index contributed by atoms with van der Waals surface area (Å²) in [5.74, 6) is 0.446. The van der Waals surface area contributed by atoms with E-state index in [0.717, 1.165) is 27.8 Å². The summed E-state index contributed by atoms with van der Waals surface area (Å²) in [5, 5.41) is 3.92. The number of pyridine rings is 1. The first-order valence-electron chi connectivity index (χ1n) is 7.98. The number of hydrogen-bond donors (Lipinski definition) is 1. The summed E-state index contributed by atoms with van der Waals surface area (Å²) in [6.45, 7) is 2.02. The number of fused-ring (bicyclic) bond motifs is 1. The van der Waals surface area contributed by atoms with Crippen molar-refractivity contribution in [1.29, 1.82) is 0 Å². The van der Waals surface area contributed by atoms with Crippen molar-refractivity contribution < 1.29 is 4.79 Å². The molecule has 0 spiro atoms. The van der Waals surface area contributed by atoms with Gasteiger partial charge in [-0.1, -0.05) is 30.3 Å². The summed E-state index contributed by atoms with van der Waals surface area (Å²) in [6.07, 6.45) is 2.34. The third-order valence-corrected chi connectivity index (χ3v) is 4.25. The summed E-state index contributed by atoms with van der Waals surface area (Å²) >= 11 is 0. The minimum absolute atomic E-state index is 0.0731. The van der Waals surface area contributed by atoms with Crippen molar-refractivity contribution in [1.82, 2.24) is 4.98 Å². The largest absolute Gasteiger partial charge is 0.322 e. The lowest BCUT2D eigenvalue weighted by atomic mass is 10.1. The molecule has 0 unspecified atom stereocenters. The Bertz CT molecular complexity index is 897. The number of aromatic nitrogens is 1. The van der Waals surface area contributed by atoms with E-state index in [9.17, 15) is 4.79 Å². The van der Waals surface area contributed by atoms with E-state index in [2.05, 4.69) is 5.32 Å². The van der Waals surface area contributed by atoms with Crippen molar-refractivity contribution in [3.05, 3.63) is 71.4 Å². The maximum Gasteiger partial charge on any atom is 0.256 e. The predicted molar refractivity (Wildman–Crippen MR) is 92.9 cm³/mol. The first-order valence-corrected chi connectivity index (χ1v) is 7.98. The molecule has 1 amide bonds. The number of aryl methyl sites for hydroxylation is 1. The minimum Gasteiger partial charge on any atom is -0.322 e. The highest BCUT2D eigenvalue weighted by atomic mass is 16.1. The summed E-state index contributed by atoms with van der Waals surface area (Å²) in [4.78, 5) is 17.5. The Morgan fingerprint density at radius 2 is 1.91 bits per heavy atom. The highest BCUT2D eigenvalue weighted by molar-refractivity contribution is 6.12. The van der Waals surface area contributed by atoms with E-state index in [1.54, 1.807) is 0 Å². The minimum atomic E-state index is -0.0731. The van der Waals surface area contributed by atoms with Gasteiger partial charge in [-0.15, -0.1) is 0 Å². The molecule has 114 valence electrons. The lowest BCUT2D eigenvalue weighted by Crippen LogP contribution is -2.13. The van der Waals surface area contributed by atoms with Crippen molar-refractivity contribution in [2.45, 2.75) is 25.7 Å². The Balaban J connectivity index is 1.75. The van der Waals surface area contributed by atoms with Crippen LogP contribution in [-0.2, 0) is 0 Å². The van der Waals surface area contributed by atoms with Crippen LogP contribution in [-0.4, -0.2) is 10.9 Å². The molecule has 23 heavy (non-hydrogen) atoms. The molecule has 1 fully saturated rings. The van der Waals surface area contributed by atoms with Crippen LogP contribution in [0.5, 0.6) is 0 Å². The standard InChI is InChI=1S/C20H18N2O/c1-13-5-4-6-15(11-13)21-20(23)17-12-19(14-9-10-14)22-18-8-3-2-7-16(17)18/h2-8,11-12,14H,9-10H2,1H3,(H,21,23). The maximum atomic E-state index is 12.8. The van der Waals surface area contributed by atoms with Gasteiger partial charge in [-0.2, -0.15) is 0 Å². The number of para-hydroxylation sites is 1. The number of nitrogens with one attached hydrogen (secondary N) is 1. The van der Waals surface area contributed by atoms with Crippen LogP contribution in [0, 0.1) is 6.92 Å². The molecule has 3 nitrogen and oxygen atoms in total. The second kappa shape index (κ2) is 5.51. The van der Waals surface area contributed by atoms with Crippen LogP contribution in [0.2, 0.25) is 0 Å². The highest BCUT2D eigenvalue weighted by Gasteiger charge is 2.26. The molecule has 3 aromatic rings. The summed E-state index contributed by atoms with van der Waals surface area (Å²) in [5.41, 5.74) is 4.59. The van der Waals surface area contributed by atoms with E-state index in [1.807, 2.05) is 61.5 Å². The van der Waals surface area contributed by atoms with E-state index >= 15 is 0 Å². The molecule has 1 heterocycles. The van der Waals surface area contributed by atoms with Crippen LogP contribution in [0.25, 0.3) is 10.9 Å². The van der Waals surface area contributed by atoms with Gasteiger partial charge in [-0.05, 0) is 49.6 Å². The fourth-order valence-corrected chi connectivity index (χ4v) is 2.89. The third kappa shape index (κ3) is 2.82. The zero-order chi connectivity index (χ0) is 15.8. The Labute approximate surface area is 135 Å². The number of amides is 1. The van der Waals surface area contributed by atoms with Crippen LogP contribution in [0.4, 0.5) is 5.69 Å². The first kappa shape index (κ1) is 13.9. The molecule has 0 radical (unpaired) electrons. The molecule has 2 aromatic carbocycles. The lowest BCUT2D eigenvalue weighted by molar-refractivity contribution is 0.102. The van der Waals surface area contributed by atoms with Crippen LogP contribution in [0.3, 0.4) is 0 Å². The summed E-state index contributed by atoms with van der Waals surface area (Å²) < 4.78 is 0. The van der Waals surface area contributed by atoms with Crippen molar-refractivity contribution in [3.8, 4) is 0 Å². The summed E-state index contributed by atoms with van der Waals surface area (Å²) in [6, 6.07) is 17.7.